The van der Waals surface area contributed by atoms with Crippen molar-refractivity contribution in [3.63, 3.8) is 0 Å². The Hall–Kier alpha value is -0.250. The van der Waals surface area contributed by atoms with Gasteiger partial charge in [-0.2, -0.15) is 13.2 Å². The first-order valence-electron chi connectivity index (χ1n) is 5.25. The highest BCUT2D eigenvalue weighted by Gasteiger charge is 2.46. The third-order valence-electron chi connectivity index (χ3n) is 2.34. The van der Waals surface area contributed by atoms with Crippen molar-refractivity contribution < 1.29 is 13.2 Å². The van der Waals surface area contributed by atoms with Gasteiger partial charge in [-0.3, -0.25) is 4.90 Å². The molecule has 1 aliphatic heterocycles. The van der Waals surface area contributed by atoms with Crippen molar-refractivity contribution in [2.75, 3.05) is 6.54 Å². The molecule has 0 radical (unpaired) electrons. The first kappa shape index (κ1) is 13.8. The molecule has 86 valence electrons. The fourth-order valence-electron chi connectivity index (χ4n) is 1.76. The molecule has 14 heavy (non-hydrogen) atoms. The molecule has 0 N–H and O–H groups in total. The minimum absolute atomic E-state index is 0.000810. The van der Waals surface area contributed by atoms with Crippen LogP contribution in [0.25, 0.3) is 0 Å². The van der Waals surface area contributed by atoms with Crippen molar-refractivity contribution in [3.8, 4) is 0 Å². The molecule has 0 aromatic rings. The van der Waals surface area contributed by atoms with Crippen LogP contribution >= 0.6 is 0 Å². The normalized spacial score (nSPS) is 23.6. The van der Waals surface area contributed by atoms with Crippen LogP contribution in [0, 0.1) is 0 Å². The lowest BCUT2D eigenvalue weighted by molar-refractivity contribution is -0.179. The van der Waals surface area contributed by atoms with Gasteiger partial charge in [-0.15, -0.1) is 0 Å². The van der Waals surface area contributed by atoms with Gasteiger partial charge in [-0.1, -0.05) is 13.8 Å². The Bertz CT molecular complexity index is 154. The molecule has 1 saturated heterocycles. The largest absolute Gasteiger partial charge is 0.404 e. The molecule has 0 amide bonds. The van der Waals surface area contributed by atoms with E-state index in [1.165, 1.54) is 4.90 Å². The second kappa shape index (κ2) is 5.59. The number of likely N-dealkylation sites (tertiary alicyclic amines) is 1. The summed E-state index contributed by atoms with van der Waals surface area (Å²) in [5, 5.41) is 0. The third kappa shape index (κ3) is 3.48. The van der Waals surface area contributed by atoms with Gasteiger partial charge in [0.1, 0.15) is 6.04 Å². The van der Waals surface area contributed by atoms with E-state index in [0.717, 1.165) is 0 Å². The predicted molar refractivity (Wildman–Crippen MR) is 52.3 cm³/mol. The standard InChI is InChI=1S/C8H14F3N.C2H6/c1-6(2)12-5-3-4-7(12)8(9,10)11;1-2/h6-7H,3-5H2,1-2H3;1-2H3. The number of hydrogen-bond acceptors (Lipinski definition) is 1. The summed E-state index contributed by atoms with van der Waals surface area (Å²) in [5.74, 6) is 0. The Morgan fingerprint density at radius 3 is 2.00 bits per heavy atom. The number of alkyl halides is 3. The summed E-state index contributed by atoms with van der Waals surface area (Å²) < 4.78 is 37.0. The van der Waals surface area contributed by atoms with Gasteiger partial charge in [0, 0.05) is 6.04 Å². The van der Waals surface area contributed by atoms with Gasteiger partial charge in [0.15, 0.2) is 0 Å². The van der Waals surface area contributed by atoms with Crippen LogP contribution in [-0.2, 0) is 0 Å². The van der Waals surface area contributed by atoms with Crippen LogP contribution in [0.15, 0.2) is 0 Å². The maximum atomic E-state index is 12.3. The van der Waals surface area contributed by atoms with E-state index in [4.69, 9.17) is 0 Å². The minimum Gasteiger partial charge on any atom is -0.290 e. The zero-order valence-electron chi connectivity index (χ0n) is 9.36. The molecule has 1 nitrogen and oxygen atoms in total. The molecule has 0 aliphatic carbocycles. The van der Waals surface area contributed by atoms with E-state index < -0.39 is 12.2 Å². The van der Waals surface area contributed by atoms with Crippen LogP contribution in [0.3, 0.4) is 0 Å². The Balaban J connectivity index is 0.000000791. The lowest BCUT2D eigenvalue weighted by Crippen LogP contribution is -2.44. The molecule has 1 aliphatic rings. The summed E-state index contributed by atoms with van der Waals surface area (Å²) in [7, 11) is 0. The number of nitrogens with zero attached hydrogens (tertiary/aromatic N) is 1. The molecular weight excluding hydrogens is 191 g/mol. The summed E-state index contributed by atoms with van der Waals surface area (Å²) >= 11 is 0. The van der Waals surface area contributed by atoms with E-state index in [-0.39, 0.29) is 12.5 Å². The van der Waals surface area contributed by atoms with Gasteiger partial charge >= 0.3 is 6.18 Å². The number of hydrogen-bond donors (Lipinski definition) is 0. The molecule has 4 heteroatoms. The van der Waals surface area contributed by atoms with Crippen molar-refractivity contribution in [1.82, 2.24) is 4.90 Å². The van der Waals surface area contributed by atoms with Crippen LogP contribution in [0.2, 0.25) is 0 Å². The molecule has 1 fully saturated rings. The fourth-order valence-corrected chi connectivity index (χ4v) is 1.76. The van der Waals surface area contributed by atoms with Crippen molar-refractivity contribution in [2.45, 2.75) is 58.8 Å². The predicted octanol–water partition coefficient (Wildman–Crippen LogP) is 3.45. The zero-order valence-corrected chi connectivity index (χ0v) is 9.36. The molecule has 0 aromatic carbocycles. The maximum Gasteiger partial charge on any atom is 0.404 e. The lowest BCUT2D eigenvalue weighted by atomic mass is 10.2. The topological polar surface area (TPSA) is 3.24 Å². The van der Waals surface area contributed by atoms with Gasteiger partial charge < -0.3 is 0 Å². The van der Waals surface area contributed by atoms with Gasteiger partial charge in [-0.05, 0) is 33.2 Å². The summed E-state index contributed by atoms with van der Waals surface area (Å²) in [6.45, 7) is 8.20. The summed E-state index contributed by atoms with van der Waals surface area (Å²) in [6.07, 6.45) is -3.11. The SMILES string of the molecule is CC.CC(C)N1CCCC1C(F)(F)F. The van der Waals surface area contributed by atoms with Crippen molar-refractivity contribution >= 4 is 0 Å². The monoisotopic (exact) mass is 211 g/mol. The first-order valence-corrected chi connectivity index (χ1v) is 5.25. The summed E-state index contributed by atoms with van der Waals surface area (Å²) in [4.78, 5) is 1.53. The highest BCUT2D eigenvalue weighted by molar-refractivity contribution is 4.86. The summed E-state index contributed by atoms with van der Waals surface area (Å²) in [5.41, 5.74) is 0. The first-order chi connectivity index (χ1) is 6.43. The number of rotatable bonds is 1. The van der Waals surface area contributed by atoms with E-state index in [0.29, 0.717) is 13.0 Å². The van der Waals surface area contributed by atoms with Crippen molar-refractivity contribution in [3.05, 3.63) is 0 Å². The Labute approximate surface area is 84.3 Å². The van der Waals surface area contributed by atoms with E-state index in [9.17, 15) is 13.2 Å². The minimum atomic E-state index is -4.04. The second-order valence-corrected chi connectivity index (χ2v) is 3.53. The molecule has 0 spiro atoms. The van der Waals surface area contributed by atoms with Crippen LogP contribution in [0.4, 0.5) is 13.2 Å². The van der Waals surface area contributed by atoms with Crippen LogP contribution in [0.1, 0.15) is 40.5 Å². The highest BCUT2D eigenvalue weighted by atomic mass is 19.4. The van der Waals surface area contributed by atoms with Gasteiger partial charge in [0.05, 0.1) is 0 Å². The van der Waals surface area contributed by atoms with Crippen molar-refractivity contribution in [1.29, 1.82) is 0 Å². The van der Waals surface area contributed by atoms with Crippen LogP contribution in [0.5, 0.6) is 0 Å². The molecule has 0 saturated carbocycles. The maximum absolute atomic E-state index is 12.3. The van der Waals surface area contributed by atoms with Gasteiger partial charge in [0.2, 0.25) is 0 Å². The molecule has 0 bridgehead atoms. The Morgan fingerprint density at radius 2 is 1.71 bits per heavy atom. The van der Waals surface area contributed by atoms with Gasteiger partial charge in [-0.25, -0.2) is 0 Å². The zero-order chi connectivity index (χ0) is 11.4. The smallest absolute Gasteiger partial charge is 0.290 e. The lowest BCUT2D eigenvalue weighted by Gasteiger charge is -2.29. The van der Waals surface area contributed by atoms with Crippen molar-refractivity contribution in [2.24, 2.45) is 0 Å². The molecule has 1 rings (SSSR count). The van der Waals surface area contributed by atoms with E-state index in [1.807, 2.05) is 27.7 Å². The van der Waals surface area contributed by atoms with Crippen LogP contribution < -0.4 is 0 Å². The van der Waals surface area contributed by atoms with E-state index in [2.05, 4.69) is 0 Å². The van der Waals surface area contributed by atoms with E-state index in [1.54, 1.807) is 0 Å². The quantitative estimate of drug-likeness (QED) is 0.642. The van der Waals surface area contributed by atoms with E-state index >= 15 is 0 Å². The fraction of sp³-hybridized carbons (Fsp3) is 1.00. The van der Waals surface area contributed by atoms with Gasteiger partial charge in [0.25, 0.3) is 0 Å². The molecular formula is C10H20F3N. The average Bonchev–Trinajstić information content (AvgIpc) is 2.54. The second-order valence-electron chi connectivity index (χ2n) is 3.53. The summed E-state index contributed by atoms with van der Waals surface area (Å²) in [6, 6.07) is -1.20. The average molecular weight is 211 g/mol. The van der Waals surface area contributed by atoms with Crippen LogP contribution in [-0.4, -0.2) is 29.7 Å². The number of halogens is 3. The molecule has 0 aromatic heterocycles. The Morgan fingerprint density at radius 1 is 1.21 bits per heavy atom. The molecule has 1 unspecified atom stereocenters. The third-order valence-corrected chi connectivity index (χ3v) is 2.34. The Kier molecular flexibility index (Phi) is 5.49. The molecule has 1 atom stereocenters. The molecule has 1 heterocycles. The highest BCUT2D eigenvalue weighted by Crippen LogP contribution is 2.33.